The minimum Gasteiger partial charge on any atom is -0.490 e. The number of nitrogens with zero attached hydrogens (tertiary/aromatic N) is 2. The Morgan fingerprint density at radius 3 is 2.45 bits per heavy atom. The molecule has 0 aliphatic carbocycles. The monoisotopic (exact) mass is 412 g/mol. The average Bonchev–Trinajstić information content (AvgIpc) is 2.97. The van der Waals surface area contributed by atoms with Crippen LogP contribution < -0.4 is 14.4 Å². The van der Waals surface area contributed by atoms with Crippen LogP contribution in [0.2, 0.25) is 0 Å². The molecule has 4 aromatic rings. The van der Waals surface area contributed by atoms with Crippen LogP contribution in [0.4, 0.5) is 5.69 Å². The number of rotatable bonds is 4. The average molecular weight is 412 g/mol. The number of aromatic nitrogens is 1. The number of hydrogen-bond donors (Lipinski definition) is 0. The largest absolute Gasteiger partial charge is 0.490 e. The highest BCUT2D eigenvalue weighted by atomic mass is 16.5. The first kappa shape index (κ1) is 19.2. The number of aryl methyl sites for hydroxylation is 1. The fraction of sp³-hybridized carbons (Fsp3) is 0.192. The lowest BCUT2D eigenvalue weighted by Crippen LogP contribution is -2.31. The lowest BCUT2D eigenvalue weighted by Gasteiger charge is -2.24. The summed E-state index contributed by atoms with van der Waals surface area (Å²) < 4.78 is 13.7. The van der Waals surface area contributed by atoms with Gasteiger partial charge in [-0.2, -0.15) is 0 Å². The van der Waals surface area contributed by atoms with Crippen LogP contribution >= 0.6 is 0 Å². The number of para-hydroxylation sites is 2. The molecule has 0 unspecified atom stereocenters. The van der Waals surface area contributed by atoms with E-state index < -0.39 is 0 Å². The van der Waals surface area contributed by atoms with E-state index in [1.165, 1.54) is 0 Å². The zero-order chi connectivity index (χ0) is 21.2. The van der Waals surface area contributed by atoms with Crippen LogP contribution in [0.15, 0.2) is 78.9 Å². The maximum absolute atomic E-state index is 13.7. The van der Waals surface area contributed by atoms with Gasteiger partial charge in [0.05, 0.1) is 19.8 Å². The number of amides is 1. The van der Waals surface area contributed by atoms with Crippen molar-refractivity contribution in [3.05, 3.63) is 90.1 Å². The number of benzene rings is 3. The van der Waals surface area contributed by atoms with Gasteiger partial charge in [-0.3, -0.25) is 4.79 Å². The number of hydrogen-bond acceptors (Lipinski definition) is 3. The number of fused-ring (bicyclic) bond motifs is 2. The molecule has 0 N–H and O–H groups in total. The highest BCUT2D eigenvalue weighted by molar-refractivity contribution is 6.06. The number of carbonyl (C=O) groups excluding carboxylic acids is 1. The van der Waals surface area contributed by atoms with E-state index >= 15 is 0 Å². The Morgan fingerprint density at radius 1 is 0.903 bits per heavy atom. The second-order valence-electron chi connectivity index (χ2n) is 7.69. The van der Waals surface area contributed by atoms with Crippen molar-refractivity contribution in [2.45, 2.75) is 13.0 Å². The van der Waals surface area contributed by atoms with Gasteiger partial charge < -0.3 is 18.9 Å². The van der Waals surface area contributed by atoms with E-state index in [9.17, 15) is 4.79 Å². The summed E-state index contributed by atoms with van der Waals surface area (Å²) in [5.74, 6) is 1.24. The number of carbonyl (C=O) groups is 1. The summed E-state index contributed by atoms with van der Waals surface area (Å²) in [7, 11) is 2.04. The van der Waals surface area contributed by atoms with Crippen molar-refractivity contribution in [1.29, 1.82) is 0 Å². The Kier molecular flexibility index (Phi) is 5.08. The molecule has 31 heavy (non-hydrogen) atoms. The highest BCUT2D eigenvalue weighted by Crippen LogP contribution is 2.32. The van der Waals surface area contributed by atoms with E-state index in [1.54, 1.807) is 6.07 Å². The zero-order valence-electron chi connectivity index (χ0n) is 17.5. The predicted molar refractivity (Wildman–Crippen MR) is 122 cm³/mol. The quantitative estimate of drug-likeness (QED) is 0.464. The van der Waals surface area contributed by atoms with Crippen LogP contribution in [-0.2, 0) is 13.6 Å². The van der Waals surface area contributed by atoms with Gasteiger partial charge in [-0.15, -0.1) is 0 Å². The molecule has 5 heteroatoms. The molecule has 0 saturated heterocycles. The van der Waals surface area contributed by atoms with E-state index in [0.717, 1.165) is 28.7 Å². The normalized spacial score (nSPS) is 13.1. The first-order valence-corrected chi connectivity index (χ1v) is 10.5. The Labute approximate surface area is 181 Å². The highest BCUT2D eigenvalue weighted by Gasteiger charge is 2.22. The van der Waals surface area contributed by atoms with Gasteiger partial charge in [0.15, 0.2) is 11.5 Å². The minimum absolute atomic E-state index is 0.0768. The summed E-state index contributed by atoms with van der Waals surface area (Å²) in [6.07, 6.45) is 0.829. The Bertz CT molecular complexity index is 1230. The molecule has 0 bridgehead atoms. The van der Waals surface area contributed by atoms with Gasteiger partial charge in [0, 0.05) is 35.9 Å². The Hall–Kier alpha value is -3.73. The summed E-state index contributed by atoms with van der Waals surface area (Å²) in [5.41, 5.74) is 3.64. The fourth-order valence-electron chi connectivity index (χ4n) is 4.00. The molecule has 0 spiro atoms. The molecule has 156 valence electrons. The third-order valence-corrected chi connectivity index (χ3v) is 5.68. The molecule has 1 aliphatic heterocycles. The van der Waals surface area contributed by atoms with Gasteiger partial charge in [-0.1, -0.05) is 36.4 Å². The minimum atomic E-state index is -0.0768. The smallest absolute Gasteiger partial charge is 0.258 e. The van der Waals surface area contributed by atoms with Crippen molar-refractivity contribution in [2.24, 2.45) is 7.05 Å². The summed E-state index contributed by atoms with van der Waals surface area (Å²) >= 11 is 0. The molecule has 0 fully saturated rings. The van der Waals surface area contributed by atoms with Gasteiger partial charge in [-0.05, 0) is 47.9 Å². The third-order valence-electron chi connectivity index (χ3n) is 5.68. The first-order valence-electron chi connectivity index (χ1n) is 10.5. The van der Waals surface area contributed by atoms with Gasteiger partial charge in [-0.25, -0.2) is 0 Å². The number of anilines is 1. The lowest BCUT2D eigenvalue weighted by molar-refractivity contribution is 0.0984. The molecule has 5 rings (SSSR count). The molecular formula is C26H24N2O3. The van der Waals surface area contributed by atoms with Gasteiger partial charge in [0.1, 0.15) is 0 Å². The molecule has 1 aromatic heterocycles. The van der Waals surface area contributed by atoms with Crippen LogP contribution in [0.25, 0.3) is 10.9 Å². The van der Waals surface area contributed by atoms with Crippen molar-refractivity contribution in [3.63, 3.8) is 0 Å². The molecule has 2 heterocycles. The van der Waals surface area contributed by atoms with Gasteiger partial charge in [0.2, 0.25) is 0 Å². The number of ether oxygens (including phenoxy) is 2. The SMILES string of the molecule is Cn1c(CN(C(=O)c2ccc3c(c2)OCCCO3)c2ccccc2)cc2ccccc21. The van der Waals surface area contributed by atoms with E-state index in [4.69, 9.17) is 9.47 Å². The first-order chi connectivity index (χ1) is 15.2. The topological polar surface area (TPSA) is 43.7 Å². The van der Waals surface area contributed by atoms with Crippen molar-refractivity contribution < 1.29 is 14.3 Å². The van der Waals surface area contributed by atoms with Gasteiger partial charge >= 0.3 is 0 Å². The predicted octanol–water partition coefficient (Wildman–Crippen LogP) is 5.19. The second-order valence-corrected chi connectivity index (χ2v) is 7.69. The van der Waals surface area contributed by atoms with Crippen molar-refractivity contribution in [2.75, 3.05) is 18.1 Å². The summed E-state index contributed by atoms with van der Waals surface area (Å²) in [4.78, 5) is 15.5. The van der Waals surface area contributed by atoms with Crippen LogP contribution in [-0.4, -0.2) is 23.7 Å². The molecule has 0 radical (unpaired) electrons. The van der Waals surface area contributed by atoms with Crippen LogP contribution in [0.3, 0.4) is 0 Å². The van der Waals surface area contributed by atoms with Crippen molar-refractivity contribution in [3.8, 4) is 11.5 Å². The van der Waals surface area contributed by atoms with Crippen LogP contribution in [0, 0.1) is 0 Å². The maximum atomic E-state index is 13.7. The van der Waals surface area contributed by atoms with Crippen LogP contribution in [0.1, 0.15) is 22.5 Å². The Balaban J connectivity index is 1.53. The zero-order valence-corrected chi connectivity index (χ0v) is 17.5. The standard InChI is InChI=1S/C26H24N2O3/c1-27-22(16-19-8-5-6-11-23(19)27)18-28(21-9-3-2-4-10-21)26(29)20-12-13-24-25(17-20)31-15-7-14-30-24/h2-6,8-13,16-17H,7,14-15,18H2,1H3. The summed E-state index contributed by atoms with van der Waals surface area (Å²) in [5, 5.41) is 1.16. The molecule has 0 atom stereocenters. The van der Waals surface area contributed by atoms with Crippen LogP contribution in [0.5, 0.6) is 11.5 Å². The summed E-state index contributed by atoms with van der Waals surface area (Å²) in [6.45, 7) is 1.67. The molecule has 0 saturated carbocycles. The van der Waals surface area contributed by atoms with E-state index in [2.05, 4.69) is 22.8 Å². The van der Waals surface area contributed by atoms with Crippen molar-refractivity contribution in [1.82, 2.24) is 4.57 Å². The lowest BCUT2D eigenvalue weighted by atomic mass is 10.1. The molecule has 5 nitrogen and oxygen atoms in total. The maximum Gasteiger partial charge on any atom is 0.258 e. The second kappa shape index (κ2) is 8.19. The van der Waals surface area contributed by atoms with Gasteiger partial charge in [0.25, 0.3) is 5.91 Å². The van der Waals surface area contributed by atoms with E-state index in [-0.39, 0.29) is 5.91 Å². The fourth-order valence-corrected chi connectivity index (χ4v) is 4.00. The summed E-state index contributed by atoms with van der Waals surface area (Å²) in [6, 6.07) is 25.6. The van der Waals surface area contributed by atoms with E-state index in [1.807, 2.05) is 66.5 Å². The van der Waals surface area contributed by atoms with Crippen molar-refractivity contribution >= 4 is 22.5 Å². The molecule has 1 amide bonds. The third kappa shape index (κ3) is 3.75. The Morgan fingerprint density at radius 2 is 1.65 bits per heavy atom. The molecular weight excluding hydrogens is 388 g/mol. The van der Waals surface area contributed by atoms with E-state index in [0.29, 0.717) is 36.8 Å². The molecule has 1 aliphatic rings. The molecule has 3 aromatic carbocycles.